The molecule has 0 saturated heterocycles. The van der Waals surface area contributed by atoms with Gasteiger partial charge >= 0.3 is 0 Å². The third kappa shape index (κ3) is 4.44. The normalized spacial score (nSPS) is 11.6. The Hall–Kier alpha value is -1.59. The Morgan fingerprint density at radius 3 is 2.43 bits per heavy atom. The predicted octanol–water partition coefficient (Wildman–Crippen LogP) is 4.51. The highest BCUT2D eigenvalue weighted by molar-refractivity contribution is 9.10. The van der Waals surface area contributed by atoms with E-state index in [4.69, 9.17) is 17.0 Å². The van der Waals surface area contributed by atoms with Gasteiger partial charge in [-0.1, -0.05) is 34.1 Å². The van der Waals surface area contributed by atoms with Crippen LogP contribution in [0.2, 0.25) is 0 Å². The van der Waals surface area contributed by atoms with Crippen LogP contribution in [-0.4, -0.2) is 12.2 Å². The summed E-state index contributed by atoms with van der Waals surface area (Å²) in [7, 11) is 1.65. The van der Waals surface area contributed by atoms with E-state index in [1.165, 1.54) is 0 Å². The lowest BCUT2D eigenvalue weighted by atomic mass is 10.1. The van der Waals surface area contributed by atoms with E-state index in [9.17, 15) is 0 Å². The van der Waals surface area contributed by atoms with E-state index in [-0.39, 0.29) is 6.04 Å². The number of rotatable bonds is 4. The lowest BCUT2D eigenvalue weighted by Gasteiger charge is -2.18. The molecule has 0 aliphatic rings. The minimum atomic E-state index is 0.110. The third-order valence-electron chi connectivity index (χ3n) is 3.07. The van der Waals surface area contributed by atoms with Crippen molar-refractivity contribution in [2.24, 2.45) is 0 Å². The van der Waals surface area contributed by atoms with Gasteiger partial charge in [0.25, 0.3) is 0 Å². The minimum absolute atomic E-state index is 0.110. The first-order chi connectivity index (χ1) is 10.1. The first kappa shape index (κ1) is 15.8. The van der Waals surface area contributed by atoms with E-state index in [1.54, 1.807) is 7.11 Å². The number of hydrogen-bond donors (Lipinski definition) is 2. The molecule has 0 spiro atoms. The Balaban J connectivity index is 1.96. The number of nitrogens with one attached hydrogen (secondary N) is 2. The fourth-order valence-corrected chi connectivity index (χ4v) is 2.86. The van der Waals surface area contributed by atoms with Gasteiger partial charge in [-0.2, -0.15) is 0 Å². The standard InChI is InChI=1S/C16H17BrN2OS/c1-11(14-5-3-4-6-15(14)17)18-16(21)19-12-7-9-13(20-2)10-8-12/h3-11H,1-2H3,(H2,18,19,21)/t11-/m1/s1. The number of anilines is 1. The van der Waals surface area contributed by atoms with Gasteiger partial charge in [-0.05, 0) is 55.0 Å². The van der Waals surface area contributed by atoms with Gasteiger partial charge in [-0.15, -0.1) is 0 Å². The summed E-state index contributed by atoms with van der Waals surface area (Å²) in [6.45, 7) is 2.07. The molecule has 2 N–H and O–H groups in total. The molecule has 0 amide bonds. The Morgan fingerprint density at radius 2 is 1.81 bits per heavy atom. The second kappa shape index (κ2) is 7.43. The van der Waals surface area contributed by atoms with Gasteiger partial charge in [0.2, 0.25) is 0 Å². The van der Waals surface area contributed by atoms with Crippen molar-refractivity contribution in [2.45, 2.75) is 13.0 Å². The number of thiocarbonyl (C=S) groups is 1. The molecular weight excluding hydrogens is 348 g/mol. The van der Waals surface area contributed by atoms with Crippen LogP contribution in [0.4, 0.5) is 5.69 Å². The molecule has 0 bridgehead atoms. The minimum Gasteiger partial charge on any atom is -0.497 e. The third-order valence-corrected chi connectivity index (χ3v) is 4.01. The molecule has 3 nitrogen and oxygen atoms in total. The number of halogens is 1. The van der Waals surface area contributed by atoms with Crippen LogP contribution in [0.5, 0.6) is 5.75 Å². The monoisotopic (exact) mass is 364 g/mol. The second-order valence-electron chi connectivity index (χ2n) is 4.57. The van der Waals surface area contributed by atoms with Crippen LogP contribution in [0.1, 0.15) is 18.5 Å². The number of ether oxygens (including phenoxy) is 1. The highest BCUT2D eigenvalue weighted by Gasteiger charge is 2.09. The van der Waals surface area contributed by atoms with E-state index >= 15 is 0 Å². The van der Waals surface area contributed by atoms with Crippen molar-refractivity contribution in [1.29, 1.82) is 0 Å². The van der Waals surface area contributed by atoms with Crippen molar-refractivity contribution in [3.8, 4) is 5.75 Å². The van der Waals surface area contributed by atoms with Gasteiger partial charge in [0.1, 0.15) is 5.75 Å². The summed E-state index contributed by atoms with van der Waals surface area (Å²) in [4.78, 5) is 0. The van der Waals surface area contributed by atoms with E-state index in [0.717, 1.165) is 21.5 Å². The van der Waals surface area contributed by atoms with Gasteiger partial charge in [0.15, 0.2) is 5.11 Å². The molecule has 2 rings (SSSR count). The molecule has 1 atom stereocenters. The topological polar surface area (TPSA) is 33.3 Å². The molecule has 0 aliphatic carbocycles. The molecule has 0 radical (unpaired) electrons. The Labute approximate surface area is 138 Å². The van der Waals surface area contributed by atoms with E-state index < -0.39 is 0 Å². The molecule has 5 heteroatoms. The second-order valence-corrected chi connectivity index (χ2v) is 5.83. The molecule has 0 unspecified atom stereocenters. The molecular formula is C16H17BrN2OS. The average Bonchev–Trinajstić information content (AvgIpc) is 2.48. The molecule has 0 saturated carbocycles. The van der Waals surface area contributed by atoms with Crippen molar-refractivity contribution in [3.05, 3.63) is 58.6 Å². The molecule has 0 heterocycles. The summed E-state index contributed by atoms with van der Waals surface area (Å²) < 4.78 is 6.20. The van der Waals surface area contributed by atoms with Crippen molar-refractivity contribution >= 4 is 38.9 Å². The SMILES string of the molecule is COc1ccc(NC(=S)N[C@H](C)c2ccccc2Br)cc1. The van der Waals surface area contributed by atoms with Crippen molar-refractivity contribution in [1.82, 2.24) is 5.32 Å². The number of hydrogen-bond acceptors (Lipinski definition) is 2. The quantitative estimate of drug-likeness (QED) is 0.782. The molecule has 110 valence electrons. The number of benzene rings is 2. The summed E-state index contributed by atoms with van der Waals surface area (Å²) in [5.41, 5.74) is 2.09. The van der Waals surface area contributed by atoms with Crippen LogP contribution in [0.15, 0.2) is 53.0 Å². The van der Waals surface area contributed by atoms with Crippen molar-refractivity contribution < 1.29 is 4.74 Å². The maximum atomic E-state index is 5.35. The van der Waals surface area contributed by atoms with Crippen LogP contribution >= 0.6 is 28.1 Å². The Morgan fingerprint density at radius 1 is 1.14 bits per heavy atom. The number of methoxy groups -OCH3 is 1. The Bertz CT molecular complexity index is 616. The van der Waals surface area contributed by atoms with Crippen LogP contribution in [0.25, 0.3) is 0 Å². The summed E-state index contributed by atoms with van der Waals surface area (Å²) in [6.07, 6.45) is 0. The van der Waals surface area contributed by atoms with Crippen LogP contribution in [0.3, 0.4) is 0 Å². The van der Waals surface area contributed by atoms with Crippen LogP contribution < -0.4 is 15.4 Å². The lowest BCUT2D eigenvalue weighted by molar-refractivity contribution is 0.415. The van der Waals surface area contributed by atoms with Gasteiger partial charge < -0.3 is 15.4 Å². The summed E-state index contributed by atoms with van der Waals surface area (Å²) in [6, 6.07) is 15.8. The molecule has 0 fully saturated rings. The summed E-state index contributed by atoms with van der Waals surface area (Å²) in [5.74, 6) is 0.820. The molecule has 0 aliphatic heterocycles. The molecule has 21 heavy (non-hydrogen) atoms. The zero-order chi connectivity index (χ0) is 15.2. The van der Waals surface area contributed by atoms with E-state index in [2.05, 4.69) is 39.6 Å². The predicted molar refractivity (Wildman–Crippen MR) is 94.9 cm³/mol. The van der Waals surface area contributed by atoms with E-state index in [1.807, 2.05) is 42.5 Å². The average molecular weight is 365 g/mol. The zero-order valence-corrected chi connectivity index (χ0v) is 14.3. The van der Waals surface area contributed by atoms with Gasteiger partial charge in [0.05, 0.1) is 13.2 Å². The van der Waals surface area contributed by atoms with Crippen LogP contribution in [-0.2, 0) is 0 Å². The molecule has 2 aromatic rings. The smallest absolute Gasteiger partial charge is 0.171 e. The maximum Gasteiger partial charge on any atom is 0.171 e. The van der Waals surface area contributed by atoms with Crippen molar-refractivity contribution in [2.75, 3.05) is 12.4 Å². The maximum absolute atomic E-state index is 5.35. The van der Waals surface area contributed by atoms with E-state index in [0.29, 0.717) is 5.11 Å². The zero-order valence-electron chi connectivity index (χ0n) is 11.9. The fourth-order valence-electron chi connectivity index (χ4n) is 1.94. The van der Waals surface area contributed by atoms with Gasteiger partial charge in [0, 0.05) is 10.2 Å². The lowest BCUT2D eigenvalue weighted by Crippen LogP contribution is -2.31. The summed E-state index contributed by atoms with van der Waals surface area (Å²) >= 11 is 8.90. The highest BCUT2D eigenvalue weighted by atomic mass is 79.9. The highest BCUT2D eigenvalue weighted by Crippen LogP contribution is 2.23. The molecule has 0 aromatic heterocycles. The Kier molecular flexibility index (Phi) is 5.59. The summed E-state index contributed by atoms with van der Waals surface area (Å²) in [5, 5.41) is 7.02. The first-order valence-corrected chi connectivity index (χ1v) is 7.76. The first-order valence-electron chi connectivity index (χ1n) is 6.56. The van der Waals surface area contributed by atoms with Crippen molar-refractivity contribution in [3.63, 3.8) is 0 Å². The molecule has 2 aromatic carbocycles. The van der Waals surface area contributed by atoms with Gasteiger partial charge in [-0.3, -0.25) is 0 Å². The fraction of sp³-hybridized carbons (Fsp3) is 0.188. The van der Waals surface area contributed by atoms with Gasteiger partial charge in [-0.25, -0.2) is 0 Å². The van der Waals surface area contributed by atoms with Crippen LogP contribution in [0, 0.1) is 0 Å². The largest absolute Gasteiger partial charge is 0.497 e.